The second kappa shape index (κ2) is 5.14. The number of nitrogens with one attached hydrogen (secondary N) is 1. The predicted octanol–water partition coefficient (Wildman–Crippen LogP) is 3.02. The van der Waals surface area contributed by atoms with Gasteiger partial charge >= 0.3 is 5.97 Å². The molecule has 0 spiro atoms. The van der Waals surface area contributed by atoms with Crippen LogP contribution in [0.5, 0.6) is 0 Å². The van der Waals surface area contributed by atoms with Crippen LogP contribution in [0.1, 0.15) is 17.4 Å². The van der Waals surface area contributed by atoms with Crippen LogP contribution in [0.15, 0.2) is 34.8 Å². The molecule has 0 fully saturated rings. The van der Waals surface area contributed by atoms with Gasteiger partial charge in [-0.2, -0.15) is 5.10 Å². The van der Waals surface area contributed by atoms with Gasteiger partial charge in [0.1, 0.15) is 5.69 Å². The van der Waals surface area contributed by atoms with E-state index in [2.05, 4.69) is 26.1 Å². The van der Waals surface area contributed by atoms with Crippen molar-refractivity contribution in [1.82, 2.24) is 10.2 Å². The first-order valence-electron chi connectivity index (χ1n) is 5.20. The molecule has 2 aromatic rings. The van der Waals surface area contributed by atoms with Gasteiger partial charge in [-0.05, 0) is 22.9 Å². The number of carbonyl (C=O) groups is 1. The summed E-state index contributed by atoms with van der Waals surface area (Å²) in [6, 6.07) is 9.61. The van der Waals surface area contributed by atoms with Crippen molar-refractivity contribution >= 4 is 21.9 Å². The van der Waals surface area contributed by atoms with Crippen LogP contribution >= 0.6 is 15.9 Å². The highest BCUT2D eigenvalue weighted by atomic mass is 79.9. The first-order chi connectivity index (χ1) is 8.24. The molecule has 0 radical (unpaired) electrons. The van der Waals surface area contributed by atoms with E-state index >= 15 is 0 Å². The molecule has 88 valence electrons. The average molecular weight is 295 g/mol. The topological polar surface area (TPSA) is 55.0 Å². The number of esters is 1. The Bertz CT molecular complexity index is 523. The highest BCUT2D eigenvalue weighted by Crippen LogP contribution is 2.28. The Morgan fingerprint density at radius 1 is 1.41 bits per heavy atom. The summed E-state index contributed by atoms with van der Waals surface area (Å²) in [5, 5.41) is 6.80. The minimum absolute atomic E-state index is 0.338. The van der Waals surface area contributed by atoms with E-state index in [9.17, 15) is 4.79 Å². The molecule has 5 heteroatoms. The number of hydrogen-bond acceptors (Lipinski definition) is 3. The summed E-state index contributed by atoms with van der Waals surface area (Å²) >= 11 is 3.36. The maximum atomic E-state index is 11.6. The molecule has 0 aliphatic heterocycles. The number of hydrogen-bond donors (Lipinski definition) is 1. The van der Waals surface area contributed by atoms with Gasteiger partial charge in [0.25, 0.3) is 0 Å². The van der Waals surface area contributed by atoms with Crippen molar-refractivity contribution in [2.24, 2.45) is 0 Å². The average Bonchev–Trinajstić information content (AvgIpc) is 2.72. The monoisotopic (exact) mass is 294 g/mol. The maximum Gasteiger partial charge on any atom is 0.357 e. The first kappa shape index (κ1) is 11.9. The van der Waals surface area contributed by atoms with Gasteiger partial charge in [0.15, 0.2) is 5.69 Å². The predicted molar refractivity (Wildman–Crippen MR) is 67.7 cm³/mol. The number of aromatic amines is 1. The van der Waals surface area contributed by atoms with E-state index in [1.807, 2.05) is 30.3 Å². The van der Waals surface area contributed by atoms with E-state index < -0.39 is 5.97 Å². The molecule has 0 aliphatic rings. The van der Waals surface area contributed by atoms with Crippen LogP contribution < -0.4 is 0 Å². The molecule has 0 saturated heterocycles. The number of halogens is 1. The van der Waals surface area contributed by atoms with Gasteiger partial charge in [0.05, 0.1) is 11.1 Å². The molecule has 1 heterocycles. The summed E-state index contributed by atoms with van der Waals surface area (Å²) in [5.41, 5.74) is 1.98. The largest absolute Gasteiger partial charge is 0.461 e. The standard InChI is InChI=1S/C12H11BrN2O2/c1-2-17-12(16)11-9(13)10(14-15-11)8-6-4-3-5-7-8/h3-7H,2H2,1H3,(H,14,15). The molecule has 0 atom stereocenters. The number of rotatable bonds is 3. The molecular weight excluding hydrogens is 284 g/mol. The van der Waals surface area contributed by atoms with Gasteiger partial charge in [0.2, 0.25) is 0 Å². The minimum atomic E-state index is -0.408. The Morgan fingerprint density at radius 3 is 2.76 bits per heavy atom. The molecule has 0 unspecified atom stereocenters. The Hall–Kier alpha value is -1.62. The third kappa shape index (κ3) is 2.39. The molecule has 0 bridgehead atoms. The maximum absolute atomic E-state index is 11.6. The van der Waals surface area contributed by atoms with Crippen molar-refractivity contribution in [3.63, 3.8) is 0 Å². The number of benzene rings is 1. The minimum Gasteiger partial charge on any atom is -0.461 e. The number of ether oxygens (including phenoxy) is 1. The smallest absolute Gasteiger partial charge is 0.357 e. The number of aromatic nitrogens is 2. The first-order valence-corrected chi connectivity index (χ1v) is 5.99. The zero-order valence-electron chi connectivity index (χ0n) is 9.24. The highest BCUT2D eigenvalue weighted by Gasteiger charge is 2.18. The van der Waals surface area contributed by atoms with E-state index in [0.717, 1.165) is 5.56 Å². The molecular formula is C12H11BrN2O2. The normalized spacial score (nSPS) is 10.2. The second-order valence-corrected chi connectivity index (χ2v) is 4.14. The lowest BCUT2D eigenvalue weighted by Crippen LogP contribution is -2.05. The lowest BCUT2D eigenvalue weighted by molar-refractivity contribution is 0.0518. The molecule has 2 rings (SSSR count). The van der Waals surface area contributed by atoms with Crippen molar-refractivity contribution < 1.29 is 9.53 Å². The Kier molecular flexibility index (Phi) is 3.58. The molecule has 1 aromatic heterocycles. The summed E-state index contributed by atoms with van der Waals surface area (Å²) in [6.07, 6.45) is 0. The van der Waals surface area contributed by atoms with Gasteiger partial charge in [-0.25, -0.2) is 4.79 Å². The number of H-pyrrole nitrogens is 1. The van der Waals surface area contributed by atoms with Crippen molar-refractivity contribution in [2.75, 3.05) is 6.61 Å². The summed E-state index contributed by atoms with van der Waals surface area (Å²) in [4.78, 5) is 11.6. The summed E-state index contributed by atoms with van der Waals surface area (Å²) in [6.45, 7) is 2.10. The van der Waals surface area contributed by atoms with Crippen LogP contribution in [0.25, 0.3) is 11.3 Å². The summed E-state index contributed by atoms with van der Waals surface area (Å²) in [5.74, 6) is -0.408. The zero-order valence-corrected chi connectivity index (χ0v) is 10.8. The van der Waals surface area contributed by atoms with Crippen LogP contribution in [0, 0.1) is 0 Å². The highest BCUT2D eigenvalue weighted by molar-refractivity contribution is 9.10. The van der Waals surface area contributed by atoms with Gasteiger partial charge in [-0.15, -0.1) is 0 Å². The van der Waals surface area contributed by atoms with Gasteiger partial charge in [-0.1, -0.05) is 30.3 Å². The van der Waals surface area contributed by atoms with Crippen LogP contribution in [0.3, 0.4) is 0 Å². The molecule has 1 aromatic carbocycles. The quantitative estimate of drug-likeness (QED) is 0.886. The molecule has 17 heavy (non-hydrogen) atoms. The Balaban J connectivity index is 2.37. The molecule has 0 saturated carbocycles. The van der Waals surface area contributed by atoms with Crippen LogP contribution in [-0.2, 0) is 4.74 Å². The van der Waals surface area contributed by atoms with E-state index in [1.54, 1.807) is 6.92 Å². The van der Waals surface area contributed by atoms with Crippen molar-refractivity contribution in [2.45, 2.75) is 6.92 Å². The van der Waals surface area contributed by atoms with Crippen LogP contribution in [-0.4, -0.2) is 22.8 Å². The van der Waals surface area contributed by atoms with E-state index in [4.69, 9.17) is 4.74 Å². The van der Waals surface area contributed by atoms with Gasteiger partial charge in [0, 0.05) is 5.56 Å². The van der Waals surface area contributed by atoms with Gasteiger partial charge < -0.3 is 4.74 Å². The van der Waals surface area contributed by atoms with Crippen molar-refractivity contribution in [3.05, 3.63) is 40.5 Å². The number of nitrogens with zero attached hydrogens (tertiary/aromatic N) is 1. The third-order valence-corrected chi connectivity index (χ3v) is 3.01. The Morgan fingerprint density at radius 2 is 2.12 bits per heavy atom. The molecule has 0 amide bonds. The fourth-order valence-electron chi connectivity index (χ4n) is 1.45. The fourth-order valence-corrected chi connectivity index (χ4v) is 2.02. The van der Waals surface area contributed by atoms with Crippen molar-refractivity contribution in [1.29, 1.82) is 0 Å². The fraction of sp³-hybridized carbons (Fsp3) is 0.167. The van der Waals surface area contributed by atoms with E-state index in [0.29, 0.717) is 22.5 Å². The summed E-state index contributed by atoms with van der Waals surface area (Å²) < 4.78 is 5.54. The Labute approximate surface area is 107 Å². The number of carbonyl (C=O) groups excluding carboxylic acids is 1. The second-order valence-electron chi connectivity index (χ2n) is 3.35. The van der Waals surface area contributed by atoms with E-state index in [-0.39, 0.29) is 0 Å². The molecule has 1 N–H and O–H groups in total. The third-order valence-electron chi connectivity index (χ3n) is 2.23. The zero-order chi connectivity index (χ0) is 12.3. The van der Waals surface area contributed by atoms with E-state index in [1.165, 1.54) is 0 Å². The van der Waals surface area contributed by atoms with Crippen LogP contribution in [0.4, 0.5) is 0 Å². The molecule has 4 nitrogen and oxygen atoms in total. The van der Waals surface area contributed by atoms with Crippen molar-refractivity contribution in [3.8, 4) is 11.3 Å². The lowest BCUT2D eigenvalue weighted by atomic mass is 10.1. The van der Waals surface area contributed by atoms with Gasteiger partial charge in [-0.3, -0.25) is 5.10 Å². The molecule has 0 aliphatic carbocycles. The summed E-state index contributed by atoms with van der Waals surface area (Å²) in [7, 11) is 0. The lowest BCUT2D eigenvalue weighted by Gasteiger charge is -1.99. The van der Waals surface area contributed by atoms with Crippen LogP contribution in [0.2, 0.25) is 0 Å². The SMILES string of the molecule is CCOC(=O)c1[nH]nc(-c2ccccc2)c1Br.